The van der Waals surface area contributed by atoms with Crippen LogP contribution < -0.4 is 5.32 Å². The highest BCUT2D eigenvalue weighted by molar-refractivity contribution is 5.93. The maximum Gasteiger partial charge on any atom is 0.248 e. The summed E-state index contributed by atoms with van der Waals surface area (Å²) in [7, 11) is 0. The number of hydrogen-bond donors (Lipinski definition) is 1. The number of nitrogens with zero attached hydrogens (tertiary/aromatic N) is 2. The summed E-state index contributed by atoms with van der Waals surface area (Å²) in [5.74, 6) is 0.929. The van der Waals surface area contributed by atoms with Crippen molar-refractivity contribution in [2.45, 2.75) is 45.2 Å². The van der Waals surface area contributed by atoms with E-state index < -0.39 is 5.54 Å². The summed E-state index contributed by atoms with van der Waals surface area (Å²) in [6, 6.07) is 1.82. The minimum absolute atomic E-state index is 0.00787. The van der Waals surface area contributed by atoms with Crippen LogP contribution in [0.15, 0.2) is 10.6 Å². The molecule has 108 valence electrons. The van der Waals surface area contributed by atoms with Gasteiger partial charge in [-0.3, -0.25) is 9.59 Å². The van der Waals surface area contributed by atoms with Crippen molar-refractivity contribution in [2.24, 2.45) is 5.92 Å². The summed E-state index contributed by atoms with van der Waals surface area (Å²) in [5.41, 5.74) is -0.0323. The van der Waals surface area contributed by atoms with E-state index in [0.29, 0.717) is 19.5 Å². The molecule has 1 atom stereocenters. The summed E-state index contributed by atoms with van der Waals surface area (Å²) >= 11 is 0. The normalized spacial score (nSPS) is 27.4. The van der Waals surface area contributed by atoms with E-state index >= 15 is 0 Å². The summed E-state index contributed by atoms with van der Waals surface area (Å²) in [5, 5.41) is 6.84. The van der Waals surface area contributed by atoms with Gasteiger partial charge < -0.3 is 14.7 Å². The second-order valence-electron chi connectivity index (χ2n) is 5.93. The molecule has 20 heavy (non-hydrogen) atoms. The molecule has 1 N–H and O–H groups in total. The Hall–Kier alpha value is -1.85. The second-order valence-corrected chi connectivity index (χ2v) is 5.93. The Bertz CT molecular complexity index is 550. The van der Waals surface area contributed by atoms with Crippen LogP contribution in [0.5, 0.6) is 0 Å². The van der Waals surface area contributed by atoms with Gasteiger partial charge in [-0.15, -0.1) is 0 Å². The van der Waals surface area contributed by atoms with Crippen molar-refractivity contribution in [3.05, 3.63) is 17.5 Å². The Balaban J connectivity index is 1.82. The summed E-state index contributed by atoms with van der Waals surface area (Å²) in [6.45, 7) is 4.49. The van der Waals surface area contributed by atoms with Gasteiger partial charge >= 0.3 is 0 Å². The van der Waals surface area contributed by atoms with Crippen LogP contribution in [-0.4, -0.2) is 34.0 Å². The highest BCUT2D eigenvalue weighted by atomic mass is 16.5. The number of rotatable bonds is 3. The molecule has 0 bridgehead atoms. The fraction of sp³-hybridized carbons (Fsp3) is 0.643. The zero-order valence-corrected chi connectivity index (χ0v) is 11.8. The van der Waals surface area contributed by atoms with Gasteiger partial charge in [-0.2, -0.15) is 0 Å². The molecule has 2 amide bonds. The first-order chi connectivity index (χ1) is 9.49. The number of amides is 2. The van der Waals surface area contributed by atoms with Crippen molar-refractivity contribution < 1.29 is 14.1 Å². The number of carbonyl (C=O) groups excluding carboxylic acids is 2. The molecule has 1 aliphatic heterocycles. The zero-order chi connectivity index (χ0) is 14.3. The Morgan fingerprint density at radius 1 is 1.50 bits per heavy atom. The van der Waals surface area contributed by atoms with Crippen LogP contribution in [0, 0.1) is 12.8 Å². The van der Waals surface area contributed by atoms with Gasteiger partial charge in [0.2, 0.25) is 11.8 Å². The third-order valence-corrected chi connectivity index (χ3v) is 4.16. The highest BCUT2D eigenvalue weighted by Gasteiger charge is 2.51. The van der Waals surface area contributed by atoms with E-state index in [1.165, 1.54) is 0 Å². The van der Waals surface area contributed by atoms with Crippen LogP contribution in [0.25, 0.3) is 0 Å². The Kier molecular flexibility index (Phi) is 3.03. The second kappa shape index (κ2) is 4.61. The quantitative estimate of drug-likeness (QED) is 0.894. The van der Waals surface area contributed by atoms with Crippen molar-refractivity contribution in [3.8, 4) is 0 Å². The molecule has 6 heteroatoms. The third-order valence-electron chi connectivity index (χ3n) is 4.16. The molecule has 1 unspecified atom stereocenters. The Labute approximate surface area is 117 Å². The summed E-state index contributed by atoms with van der Waals surface area (Å²) in [6.07, 6.45) is 2.34. The molecule has 1 aliphatic carbocycles. The summed E-state index contributed by atoms with van der Waals surface area (Å²) in [4.78, 5) is 26.3. The van der Waals surface area contributed by atoms with Crippen LogP contribution in [0.4, 0.5) is 0 Å². The van der Waals surface area contributed by atoms with E-state index in [9.17, 15) is 9.59 Å². The van der Waals surface area contributed by atoms with Gasteiger partial charge in [-0.1, -0.05) is 5.16 Å². The SMILES string of the molecule is Cc1cc(CN2CCC(=O)NC(C)(C3CC3)C2=O)no1. The Morgan fingerprint density at radius 3 is 2.85 bits per heavy atom. The average Bonchev–Trinajstić information content (AvgIpc) is 3.18. The first kappa shape index (κ1) is 13.1. The van der Waals surface area contributed by atoms with Gasteiger partial charge in [-0.25, -0.2) is 0 Å². The van der Waals surface area contributed by atoms with Gasteiger partial charge in [0.15, 0.2) is 0 Å². The van der Waals surface area contributed by atoms with E-state index in [-0.39, 0.29) is 17.7 Å². The largest absolute Gasteiger partial charge is 0.361 e. The van der Waals surface area contributed by atoms with Gasteiger partial charge in [0.05, 0.1) is 6.54 Å². The first-order valence-corrected chi connectivity index (χ1v) is 7.01. The zero-order valence-electron chi connectivity index (χ0n) is 11.8. The van der Waals surface area contributed by atoms with Crippen molar-refractivity contribution in [1.82, 2.24) is 15.4 Å². The minimum atomic E-state index is -0.758. The Morgan fingerprint density at radius 2 is 2.25 bits per heavy atom. The standard InChI is InChI=1S/C14H19N3O3/c1-9-7-11(16-20-9)8-17-6-5-12(18)15-14(2,13(17)19)10-3-4-10/h7,10H,3-6,8H2,1-2H3,(H,15,18). The molecule has 3 rings (SSSR count). The fourth-order valence-electron chi connectivity index (χ4n) is 2.85. The fourth-order valence-corrected chi connectivity index (χ4v) is 2.85. The molecule has 1 aromatic heterocycles. The van der Waals surface area contributed by atoms with Crippen LogP contribution in [0.3, 0.4) is 0 Å². The molecule has 2 fully saturated rings. The number of carbonyl (C=O) groups is 2. The predicted molar refractivity (Wildman–Crippen MR) is 70.5 cm³/mol. The first-order valence-electron chi connectivity index (χ1n) is 7.01. The van der Waals surface area contributed by atoms with Gasteiger partial charge in [0.1, 0.15) is 17.0 Å². The van der Waals surface area contributed by atoms with Gasteiger partial charge in [0, 0.05) is 19.0 Å². The molecule has 1 aromatic rings. The number of nitrogens with one attached hydrogen (secondary N) is 1. The van der Waals surface area contributed by atoms with Crippen LogP contribution >= 0.6 is 0 Å². The molecule has 2 aliphatic rings. The summed E-state index contributed by atoms with van der Waals surface area (Å²) < 4.78 is 5.03. The lowest BCUT2D eigenvalue weighted by atomic mass is 9.94. The molecular weight excluding hydrogens is 258 g/mol. The molecular formula is C14H19N3O3. The van der Waals surface area contributed by atoms with E-state index in [2.05, 4.69) is 10.5 Å². The maximum atomic E-state index is 12.8. The lowest BCUT2D eigenvalue weighted by Gasteiger charge is -2.31. The molecule has 1 saturated carbocycles. The van der Waals surface area contributed by atoms with Crippen molar-refractivity contribution in [2.75, 3.05) is 6.54 Å². The molecule has 1 saturated heterocycles. The number of aryl methyl sites for hydroxylation is 1. The lowest BCUT2D eigenvalue weighted by molar-refractivity contribution is -0.139. The van der Waals surface area contributed by atoms with E-state index in [4.69, 9.17) is 4.52 Å². The van der Waals surface area contributed by atoms with E-state index in [0.717, 1.165) is 24.3 Å². The van der Waals surface area contributed by atoms with E-state index in [1.807, 2.05) is 19.9 Å². The number of hydrogen-bond acceptors (Lipinski definition) is 4. The molecule has 2 heterocycles. The monoisotopic (exact) mass is 277 g/mol. The van der Waals surface area contributed by atoms with Crippen molar-refractivity contribution in [1.29, 1.82) is 0 Å². The average molecular weight is 277 g/mol. The smallest absolute Gasteiger partial charge is 0.248 e. The van der Waals surface area contributed by atoms with Gasteiger partial charge in [0.25, 0.3) is 0 Å². The molecule has 6 nitrogen and oxygen atoms in total. The maximum absolute atomic E-state index is 12.8. The predicted octanol–water partition coefficient (Wildman–Crippen LogP) is 1.00. The lowest BCUT2D eigenvalue weighted by Crippen LogP contribution is -2.56. The van der Waals surface area contributed by atoms with Crippen molar-refractivity contribution in [3.63, 3.8) is 0 Å². The molecule has 0 aromatic carbocycles. The topological polar surface area (TPSA) is 75.4 Å². The highest BCUT2D eigenvalue weighted by Crippen LogP contribution is 2.41. The third kappa shape index (κ3) is 2.30. The van der Waals surface area contributed by atoms with Crippen LogP contribution in [-0.2, 0) is 16.1 Å². The van der Waals surface area contributed by atoms with Gasteiger partial charge in [-0.05, 0) is 32.6 Å². The molecule has 0 radical (unpaired) electrons. The van der Waals surface area contributed by atoms with Crippen molar-refractivity contribution >= 4 is 11.8 Å². The van der Waals surface area contributed by atoms with Crippen LogP contribution in [0.2, 0.25) is 0 Å². The number of aromatic nitrogens is 1. The molecule has 0 spiro atoms. The van der Waals surface area contributed by atoms with E-state index in [1.54, 1.807) is 4.90 Å². The van der Waals surface area contributed by atoms with Crippen LogP contribution in [0.1, 0.15) is 37.6 Å². The minimum Gasteiger partial charge on any atom is -0.361 e.